The number of methoxy groups -OCH3 is 1. The van der Waals surface area contributed by atoms with E-state index in [0.29, 0.717) is 51.6 Å². The molecule has 0 saturated carbocycles. The Morgan fingerprint density at radius 3 is 2.43 bits per heavy atom. The number of anilines is 1. The van der Waals surface area contributed by atoms with Gasteiger partial charge in [0.05, 0.1) is 34.0 Å². The number of ether oxygens (including phenoxy) is 1. The smallest absolute Gasteiger partial charge is 0.255 e. The number of hydrogen-bond acceptors (Lipinski definition) is 5. The first-order valence-corrected chi connectivity index (χ1v) is 12.8. The molecule has 0 atom stereocenters. The summed E-state index contributed by atoms with van der Waals surface area (Å²) in [4.78, 5) is 27.3. The van der Waals surface area contributed by atoms with E-state index in [-0.39, 0.29) is 11.8 Å². The van der Waals surface area contributed by atoms with Crippen LogP contribution in [0.4, 0.5) is 5.69 Å². The van der Waals surface area contributed by atoms with Crippen LogP contribution in [0, 0.1) is 5.92 Å². The number of hydrogen-bond donors (Lipinski definition) is 3. The molecule has 9 heteroatoms. The van der Waals surface area contributed by atoms with Crippen molar-refractivity contribution in [3.8, 4) is 5.75 Å². The van der Waals surface area contributed by atoms with Gasteiger partial charge in [0.2, 0.25) is 0 Å². The van der Waals surface area contributed by atoms with Gasteiger partial charge >= 0.3 is 0 Å². The maximum atomic E-state index is 12.6. The summed E-state index contributed by atoms with van der Waals surface area (Å²) in [5.41, 5.74) is 7.09. The molecule has 7 nitrogen and oxygen atoms in total. The molecule has 1 saturated heterocycles. The molecule has 1 aliphatic heterocycles. The quantitative estimate of drug-likeness (QED) is 0.296. The van der Waals surface area contributed by atoms with Gasteiger partial charge in [0.15, 0.2) is 0 Å². The van der Waals surface area contributed by atoms with Crippen molar-refractivity contribution >= 4 is 40.7 Å². The number of nitrogen functional groups attached to an aromatic ring is 1. The summed E-state index contributed by atoms with van der Waals surface area (Å²) in [7, 11) is 1.51. The molecule has 0 unspecified atom stereocenters. The van der Waals surface area contributed by atoms with Crippen molar-refractivity contribution in [1.29, 1.82) is 0 Å². The fourth-order valence-electron chi connectivity index (χ4n) is 4.24. The number of likely N-dealkylation sites (tertiary alicyclic amines) is 1. The maximum absolute atomic E-state index is 12.6. The Bertz CT molecular complexity index is 1010. The van der Waals surface area contributed by atoms with E-state index in [0.717, 1.165) is 51.7 Å². The lowest BCUT2D eigenvalue weighted by atomic mass is 9.96. The van der Waals surface area contributed by atoms with Gasteiger partial charge in [-0.3, -0.25) is 9.59 Å². The number of unbranched alkanes of at least 4 members (excludes halogenated alkanes) is 2. The fraction of sp³-hybridized carbons (Fsp3) is 0.462. The Kier molecular flexibility index (Phi) is 10.5. The third-order valence-corrected chi connectivity index (χ3v) is 7.03. The maximum Gasteiger partial charge on any atom is 0.255 e. The number of halogens is 2. The molecule has 2 aromatic carbocycles. The monoisotopic (exact) mass is 520 g/mol. The van der Waals surface area contributed by atoms with Gasteiger partial charge in [-0.05, 0) is 69.4 Å². The van der Waals surface area contributed by atoms with E-state index in [1.807, 2.05) is 12.1 Å². The molecule has 2 aromatic rings. The van der Waals surface area contributed by atoms with Crippen LogP contribution in [0.3, 0.4) is 0 Å². The Labute approximate surface area is 217 Å². The number of nitrogens with two attached hydrogens (primary N) is 1. The topological polar surface area (TPSA) is 96.7 Å². The average Bonchev–Trinajstić information content (AvgIpc) is 2.86. The highest BCUT2D eigenvalue weighted by Gasteiger charge is 2.21. The van der Waals surface area contributed by atoms with Crippen LogP contribution in [0.15, 0.2) is 36.4 Å². The summed E-state index contributed by atoms with van der Waals surface area (Å²) in [5.74, 6) is 0.545. The molecule has 1 aliphatic rings. The number of carbonyl (C=O) groups excluding carboxylic acids is 2. The zero-order valence-corrected chi connectivity index (χ0v) is 21.6. The molecule has 0 aliphatic carbocycles. The lowest BCUT2D eigenvalue weighted by molar-refractivity contribution is 0.0929. The van der Waals surface area contributed by atoms with E-state index in [1.54, 1.807) is 24.3 Å². The molecule has 35 heavy (non-hydrogen) atoms. The van der Waals surface area contributed by atoms with E-state index in [4.69, 9.17) is 33.7 Å². The minimum atomic E-state index is -0.201. The van der Waals surface area contributed by atoms with Gasteiger partial charge in [0, 0.05) is 19.2 Å². The molecule has 0 aromatic heterocycles. The van der Waals surface area contributed by atoms with Crippen molar-refractivity contribution in [3.05, 3.63) is 57.6 Å². The van der Waals surface area contributed by atoms with Crippen LogP contribution in [0.1, 0.15) is 52.8 Å². The molecule has 0 radical (unpaired) electrons. The predicted molar refractivity (Wildman–Crippen MR) is 142 cm³/mol. The van der Waals surface area contributed by atoms with Gasteiger partial charge in [-0.2, -0.15) is 0 Å². The molecular formula is C26H34Cl2N4O3. The summed E-state index contributed by atoms with van der Waals surface area (Å²) >= 11 is 12.1. The van der Waals surface area contributed by atoms with E-state index < -0.39 is 0 Å². The third kappa shape index (κ3) is 8.02. The van der Waals surface area contributed by atoms with Crippen LogP contribution in [-0.4, -0.2) is 56.5 Å². The van der Waals surface area contributed by atoms with Gasteiger partial charge in [-0.1, -0.05) is 41.8 Å². The zero-order chi connectivity index (χ0) is 25.2. The number of carbonyl (C=O) groups is 2. The zero-order valence-electron chi connectivity index (χ0n) is 20.1. The number of piperidine rings is 1. The van der Waals surface area contributed by atoms with Crippen LogP contribution in [-0.2, 0) is 0 Å². The lowest BCUT2D eigenvalue weighted by Crippen LogP contribution is -2.39. The van der Waals surface area contributed by atoms with Crippen molar-refractivity contribution in [2.24, 2.45) is 5.92 Å². The standard InChI is InChI=1S/C26H34Cl2N4O3/c1-35-24-16-23(29)22(28)15-20(24)26(34)31-17-18-9-13-32(14-10-18)12-6-2-5-11-30-25(33)19-7-3-4-8-21(19)27/h3-4,7-8,15-16,18H,2,5-6,9-14,17,29H2,1H3,(H,30,33)(H,31,34). The number of benzene rings is 2. The highest BCUT2D eigenvalue weighted by atomic mass is 35.5. The second-order valence-electron chi connectivity index (χ2n) is 8.87. The first-order chi connectivity index (χ1) is 16.9. The van der Waals surface area contributed by atoms with Crippen LogP contribution >= 0.6 is 23.2 Å². The molecule has 0 spiro atoms. The molecule has 2 amide bonds. The number of nitrogens with one attached hydrogen (secondary N) is 2. The molecule has 1 fully saturated rings. The van der Waals surface area contributed by atoms with Crippen LogP contribution in [0.25, 0.3) is 0 Å². The van der Waals surface area contributed by atoms with Gasteiger partial charge < -0.3 is 26.0 Å². The summed E-state index contributed by atoms with van der Waals surface area (Å²) in [5, 5.41) is 6.77. The molecule has 0 bridgehead atoms. The Morgan fingerprint density at radius 2 is 1.71 bits per heavy atom. The molecule has 3 rings (SSSR count). The van der Waals surface area contributed by atoms with Crippen molar-refractivity contribution in [2.75, 3.05) is 45.6 Å². The van der Waals surface area contributed by atoms with Crippen LogP contribution in [0.5, 0.6) is 5.75 Å². The third-order valence-electron chi connectivity index (χ3n) is 6.38. The van der Waals surface area contributed by atoms with Gasteiger partial charge in [0.1, 0.15) is 5.75 Å². The van der Waals surface area contributed by atoms with Crippen molar-refractivity contribution in [2.45, 2.75) is 32.1 Å². The van der Waals surface area contributed by atoms with E-state index in [1.165, 1.54) is 7.11 Å². The molecule has 190 valence electrons. The van der Waals surface area contributed by atoms with E-state index in [2.05, 4.69) is 15.5 Å². The average molecular weight is 521 g/mol. The molecule has 4 N–H and O–H groups in total. The molecular weight excluding hydrogens is 487 g/mol. The second kappa shape index (κ2) is 13.6. The van der Waals surface area contributed by atoms with Gasteiger partial charge in [0.25, 0.3) is 11.8 Å². The van der Waals surface area contributed by atoms with E-state index in [9.17, 15) is 9.59 Å². The van der Waals surface area contributed by atoms with Crippen molar-refractivity contribution < 1.29 is 14.3 Å². The summed E-state index contributed by atoms with van der Waals surface area (Å²) in [6, 6.07) is 10.2. The minimum absolute atomic E-state index is 0.123. The highest BCUT2D eigenvalue weighted by molar-refractivity contribution is 6.34. The summed E-state index contributed by atoms with van der Waals surface area (Å²) in [6.45, 7) is 4.39. The van der Waals surface area contributed by atoms with E-state index >= 15 is 0 Å². The van der Waals surface area contributed by atoms with Crippen LogP contribution in [0.2, 0.25) is 10.0 Å². The fourth-order valence-corrected chi connectivity index (χ4v) is 4.63. The Hall–Kier alpha value is -2.48. The van der Waals surface area contributed by atoms with Crippen molar-refractivity contribution in [3.63, 3.8) is 0 Å². The number of nitrogens with zero attached hydrogens (tertiary/aromatic N) is 1. The van der Waals surface area contributed by atoms with Gasteiger partial charge in [-0.25, -0.2) is 0 Å². The normalized spacial score (nSPS) is 14.5. The Morgan fingerprint density at radius 1 is 1.00 bits per heavy atom. The van der Waals surface area contributed by atoms with Crippen molar-refractivity contribution in [1.82, 2.24) is 15.5 Å². The number of amides is 2. The van der Waals surface area contributed by atoms with Gasteiger partial charge in [-0.15, -0.1) is 0 Å². The minimum Gasteiger partial charge on any atom is -0.496 e. The van der Waals surface area contributed by atoms with Crippen LogP contribution < -0.4 is 21.1 Å². The second-order valence-corrected chi connectivity index (χ2v) is 9.68. The lowest BCUT2D eigenvalue weighted by Gasteiger charge is -2.32. The number of rotatable bonds is 11. The summed E-state index contributed by atoms with van der Waals surface area (Å²) in [6.07, 6.45) is 5.20. The largest absolute Gasteiger partial charge is 0.496 e. The predicted octanol–water partition coefficient (Wildman–Crippen LogP) is 4.63. The SMILES string of the molecule is COc1cc(N)c(Cl)cc1C(=O)NCC1CCN(CCCCCNC(=O)c2ccccc2Cl)CC1. The Balaban J connectivity index is 1.28. The molecule has 1 heterocycles. The first kappa shape index (κ1) is 27.1. The first-order valence-electron chi connectivity index (χ1n) is 12.0. The summed E-state index contributed by atoms with van der Waals surface area (Å²) < 4.78 is 5.27. The highest BCUT2D eigenvalue weighted by Crippen LogP contribution is 2.29.